The Morgan fingerprint density at radius 3 is 2.57 bits per heavy atom. The first kappa shape index (κ1) is 17.9. The van der Waals surface area contributed by atoms with Crippen molar-refractivity contribution in [3.05, 3.63) is 28.8 Å². The molecule has 118 valence electrons. The molecule has 0 aromatic heterocycles. The van der Waals surface area contributed by atoms with Gasteiger partial charge >= 0.3 is 0 Å². The lowest BCUT2D eigenvalue weighted by molar-refractivity contribution is -0.116. The summed E-state index contributed by atoms with van der Waals surface area (Å²) in [5.41, 5.74) is 1.46. The molecule has 0 aliphatic heterocycles. The largest absolute Gasteiger partial charge is 0.325 e. The van der Waals surface area contributed by atoms with Gasteiger partial charge in [0.05, 0.1) is 12.8 Å². The minimum absolute atomic E-state index is 0.180. The van der Waals surface area contributed by atoms with Gasteiger partial charge in [-0.25, -0.2) is 8.42 Å². The number of anilines is 1. The van der Waals surface area contributed by atoms with Gasteiger partial charge in [-0.1, -0.05) is 24.9 Å². The molecule has 1 aromatic rings. The lowest BCUT2D eigenvalue weighted by atomic mass is 10.2. The quantitative estimate of drug-likeness (QED) is 0.834. The Bertz CT molecular complexity index is 602. The van der Waals surface area contributed by atoms with Crippen molar-refractivity contribution in [1.82, 2.24) is 4.31 Å². The number of nitrogens with one attached hydrogen (secondary N) is 1. The Labute approximate surface area is 131 Å². The van der Waals surface area contributed by atoms with Crippen molar-refractivity contribution in [2.75, 3.05) is 24.7 Å². The molecule has 0 heterocycles. The van der Waals surface area contributed by atoms with E-state index in [2.05, 4.69) is 5.32 Å². The lowest BCUT2D eigenvalue weighted by Gasteiger charge is -2.19. The van der Waals surface area contributed by atoms with Crippen LogP contribution in [0.5, 0.6) is 0 Å². The maximum Gasteiger partial charge on any atom is 0.239 e. The van der Waals surface area contributed by atoms with Crippen LogP contribution in [-0.4, -0.2) is 38.0 Å². The molecule has 0 aliphatic rings. The van der Waals surface area contributed by atoms with Gasteiger partial charge in [0.1, 0.15) is 0 Å². The smallest absolute Gasteiger partial charge is 0.239 e. The molecule has 0 saturated carbocycles. The molecule has 0 unspecified atom stereocenters. The molecule has 0 atom stereocenters. The van der Waals surface area contributed by atoms with E-state index in [1.807, 2.05) is 13.8 Å². The van der Waals surface area contributed by atoms with Crippen LogP contribution in [-0.2, 0) is 14.8 Å². The molecule has 1 amide bonds. The third-order valence-corrected chi connectivity index (χ3v) is 4.50. The summed E-state index contributed by atoms with van der Waals surface area (Å²) in [6, 6.07) is 5.12. The molecule has 0 bridgehead atoms. The molecule has 0 spiro atoms. The summed E-state index contributed by atoms with van der Waals surface area (Å²) in [5.74, 6) is -0.359. The second-order valence-corrected chi connectivity index (χ2v) is 7.38. The first-order chi connectivity index (χ1) is 9.74. The maximum absolute atomic E-state index is 12.0. The topological polar surface area (TPSA) is 66.5 Å². The van der Waals surface area contributed by atoms with Crippen molar-refractivity contribution in [2.24, 2.45) is 0 Å². The van der Waals surface area contributed by atoms with E-state index < -0.39 is 10.0 Å². The van der Waals surface area contributed by atoms with E-state index in [4.69, 9.17) is 11.6 Å². The van der Waals surface area contributed by atoms with E-state index >= 15 is 0 Å². The van der Waals surface area contributed by atoms with Crippen molar-refractivity contribution in [3.8, 4) is 0 Å². The molecule has 1 N–H and O–H groups in total. The minimum atomic E-state index is -3.39. The Kier molecular flexibility index (Phi) is 6.64. The zero-order valence-electron chi connectivity index (χ0n) is 12.5. The highest BCUT2D eigenvalue weighted by Gasteiger charge is 2.19. The zero-order chi connectivity index (χ0) is 16.0. The summed E-state index contributed by atoms with van der Waals surface area (Å²) in [6.07, 6.45) is 2.70. The van der Waals surface area contributed by atoms with Gasteiger partial charge in [0.25, 0.3) is 0 Å². The second kappa shape index (κ2) is 7.77. The van der Waals surface area contributed by atoms with Crippen LogP contribution >= 0.6 is 11.6 Å². The molecule has 0 fully saturated rings. The molecule has 21 heavy (non-hydrogen) atoms. The number of unbranched alkanes of at least 4 members (excludes halogenated alkanes) is 1. The third kappa shape index (κ3) is 6.03. The summed E-state index contributed by atoms with van der Waals surface area (Å²) >= 11 is 5.85. The van der Waals surface area contributed by atoms with Gasteiger partial charge < -0.3 is 5.32 Å². The number of hydrogen-bond donors (Lipinski definition) is 1. The number of halogens is 1. The molecule has 5 nitrogen and oxygen atoms in total. The first-order valence-electron chi connectivity index (χ1n) is 6.75. The number of carbonyl (C=O) groups excluding carboxylic acids is 1. The monoisotopic (exact) mass is 332 g/mol. The van der Waals surface area contributed by atoms with Crippen molar-refractivity contribution in [3.63, 3.8) is 0 Å². The maximum atomic E-state index is 12.0. The number of amides is 1. The highest BCUT2D eigenvalue weighted by atomic mass is 35.5. The molecule has 0 radical (unpaired) electrons. The fraction of sp³-hybridized carbons (Fsp3) is 0.500. The number of aryl methyl sites for hydroxylation is 1. The van der Waals surface area contributed by atoms with Crippen LogP contribution in [0.25, 0.3) is 0 Å². The molecule has 7 heteroatoms. The summed E-state index contributed by atoms with van der Waals surface area (Å²) < 4.78 is 24.5. The van der Waals surface area contributed by atoms with Gasteiger partial charge in [-0.05, 0) is 37.1 Å². The van der Waals surface area contributed by atoms with Crippen LogP contribution in [0.1, 0.15) is 25.3 Å². The van der Waals surface area contributed by atoms with E-state index in [-0.39, 0.29) is 12.5 Å². The number of benzene rings is 1. The molecule has 0 aliphatic carbocycles. The highest BCUT2D eigenvalue weighted by Crippen LogP contribution is 2.19. The van der Waals surface area contributed by atoms with Gasteiger partial charge in [0, 0.05) is 17.3 Å². The SMILES string of the molecule is CCCCN(CC(=O)Nc1ccc(Cl)cc1C)S(C)(=O)=O. The normalized spacial score (nSPS) is 11.7. The molecular weight excluding hydrogens is 312 g/mol. The molecule has 0 saturated heterocycles. The van der Waals surface area contributed by atoms with Gasteiger partial charge in [-0.15, -0.1) is 0 Å². The predicted octanol–water partition coefficient (Wildman–Crippen LogP) is 2.65. The van der Waals surface area contributed by atoms with Crippen LogP contribution in [0.2, 0.25) is 5.02 Å². The van der Waals surface area contributed by atoms with Crippen LogP contribution < -0.4 is 5.32 Å². The van der Waals surface area contributed by atoms with E-state index in [1.165, 1.54) is 4.31 Å². The standard InChI is InChI=1S/C14H21ClN2O3S/c1-4-5-8-17(21(3,19)20)10-14(18)16-13-7-6-12(15)9-11(13)2/h6-7,9H,4-5,8,10H2,1-3H3,(H,16,18). The van der Waals surface area contributed by atoms with E-state index in [1.54, 1.807) is 18.2 Å². The Morgan fingerprint density at radius 2 is 2.05 bits per heavy atom. The average molecular weight is 333 g/mol. The summed E-state index contributed by atoms with van der Waals surface area (Å²) in [5, 5.41) is 3.30. The Balaban J connectivity index is 2.74. The van der Waals surface area contributed by atoms with Gasteiger partial charge in [-0.3, -0.25) is 4.79 Å². The van der Waals surface area contributed by atoms with Gasteiger partial charge in [0.15, 0.2) is 0 Å². The van der Waals surface area contributed by atoms with E-state index in [0.29, 0.717) is 17.3 Å². The predicted molar refractivity (Wildman–Crippen MR) is 86.1 cm³/mol. The molecule has 1 rings (SSSR count). The summed E-state index contributed by atoms with van der Waals surface area (Å²) in [6.45, 7) is 3.97. The Hall–Kier alpha value is -1.11. The minimum Gasteiger partial charge on any atom is -0.325 e. The highest BCUT2D eigenvalue weighted by molar-refractivity contribution is 7.88. The molecule has 1 aromatic carbocycles. The third-order valence-electron chi connectivity index (χ3n) is 3.01. The second-order valence-electron chi connectivity index (χ2n) is 4.96. The fourth-order valence-corrected chi connectivity index (χ4v) is 2.85. The summed E-state index contributed by atoms with van der Waals surface area (Å²) in [4.78, 5) is 12.0. The van der Waals surface area contributed by atoms with E-state index in [9.17, 15) is 13.2 Å². The van der Waals surface area contributed by atoms with Crippen LogP contribution in [0.4, 0.5) is 5.69 Å². The van der Waals surface area contributed by atoms with Crippen LogP contribution in [0.3, 0.4) is 0 Å². The number of nitrogens with zero attached hydrogens (tertiary/aromatic N) is 1. The number of sulfonamides is 1. The number of carbonyl (C=O) groups is 1. The van der Waals surface area contributed by atoms with Crippen molar-refractivity contribution in [2.45, 2.75) is 26.7 Å². The van der Waals surface area contributed by atoms with Crippen molar-refractivity contribution >= 4 is 33.2 Å². The number of rotatable bonds is 7. The fourth-order valence-electron chi connectivity index (χ4n) is 1.81. The average Bonchev–Trinajstić information content (AvgIpc) is 2.36. The first-order valence-corrected chi connectivity index (χ1v) is 8.97. The zero-order valence-corrected chi connectivity index (χ0v) is 14.1. The Morgan fingerprint density at radius 1 is 1.38 bits per heavy atom. The van der Waals surface area contributed by atoms with Crippen LogP contribution in [0.15, 0.2) is 18.2 Å². The number of hydrogen-bond acceptors (Lipinski definition) is 3. The van der Waals surface area contributed by atoms with Gasteiger partial charge in [0.2, 0.25) is 15.9 Å². The lowest BCUT2D eigenvalue weighted by Crippen LogP contribution is -2.38. The van der Waals surface area contributed by atoms with E-state index in [0.717, 1.165) is 24.7 Å². The van der Waals surface area contributed by atoms with Gasteiger partial charge in [-0.2, -0.15) is 4.31 Å². The van der Waals surface area contributed by atoms with Crippen molar-refractivity contribution in [1.29, 1.82) is 0 Å². The van der Waals surface area contributed by atoms with Crippen molar-refractivity contribution < 1.29 is 13.2 Å². The van der Waals surface area contributed by atoms with Crippen LogP contribution in [0, 0.1) is 6.92 Å². The molecular formula is C14H21ClN2O3S. The summed E-state index contributed by atoms with van der Waals surface area (Å²) in [7, 11) is -3.39.